The van der Waals surface area contributed by atoms with E-state index in [9.17, 15) is 5.11 Å². The molecule has 1 aromatic rings. The molecule has 2 atom stereocenters. The van der Waals surface area contributed by atoms with Gasteiger partial charge in [-0.05, 0) is 33.4 Å². The van der Waals surface area contributed by atoms with Crippen LogP contribution in [0.4, 0.5) is 0 Å². The maximum atomic E-state index is 10.7. The Labute approximate surface area is 117 Å². The summed E-state index contributed by atoms with van der Waals surface area (Å²) >= 11 is 0. The van der Waals surface area contributed by atoms with E-state index >= 15 is 0 Å². The third kappa shape index (κ3) is 3.37. The number of aliphatic hydroxyl groups excluding tert-OH is 1. The van der Waals surface area contributed by atoms with Crippen molar-refractivity contribution in [3.05, 3.63) is 18.2 Å². The fourth-order valence-electron chi connectivity index (χ4n) is 2.83. The number of aliphatic hydroxyl groups is 1. The van der Waals surface area contributed by atoms with Crippen molar-refractivity contribution in [2.75, 3.05) is 13.1 Å². The van der Waals surface area contributed by atoms with Gasteiger partial charge in [-0.15, -0.1) is 0 Å². The second kappa shape index (κ2) is 7.06. The van der Waals surface area contributed by atoms with Gasteiger partial charge in [-0.1, -0.05) is 20.8 Å². The second-order valence-corrected chi connectivity index (χ2v) is 5.23. The largest absolute Gasteiger partial charge is 0.391 e. The van der Waals surface area contributed by atoms with Crippen LogP contribution in [0.2, 0.25) is 0 Å². The molecule has 0 fully saturated rings. The van der Waals surface area contributed by atoms with E-state index in [1.807, 2.05) is 12.4 Å². The zero-order valence-corrected chi connectivity index (χ0v) is 13.1. The highest BCUT2D eigenvalue weighted by atomic mass is 16.3. The van der Waals surface area contributed by atoms with Crippen LogP contribution in [0.5, 0.6) is 0 Å². The summed E-state index contributed by atoms with van der Waals surface area (Å²) in [5.74, 6) is 0.974. The number of nitrogens with zero attached hydrogens (tertiary/aromatic N) is 3. The Bertz CT molecular complexity index is 373. The summed E-state index contributed by atoms with van der Waals surface area (Å²) < 4.78 is 2.10. The highest BCUT2D eigenvalue weighted by Crippen LogP contribution is 2.25. The normalized spacial score (nSPS) is 16.6. The van der Waals surface area contributed by atoms with Gasteiger partial charge in [0.05, 0.1) is 6.10 Å². The van der Waals surface area contributed by atoms with Gasteiger partial charge in [-0.25, -0.2) is 4.98 Å². The molecule has 0 aliphatic carbocycles. The SMILES string of the molecule is CCN(CC)C(C)(CC)C(O)Cc1nccn1CC. The van der Waals surface area contributed by atoms with Crippen LogP contribution < -0.4 is 0 Å². The highest BCUT2D eigenvalue weighted by molar-refractivity contribution is 5.00. The predicted molar refractivity (Wildman–Crippen MR) is 79.2 cm³/mol. The van der Waals surface area contributed by atoms with Gasteiger partial charge in [0, 0.05) is 30.9 Å². The zero-order chi connectivity index (χ0) is 14.5. The number of likely N-dealkylation sites (N-methyl/N-ethyl adjacent to an activating group) is 1. The van der Waals surface area contributed by atoms with Crippen molar-refractivity contribution in [1.29, 1.82) is 0 Å². The van der Waals surface area contributed by atoms with Gasteiger partial charge >= 0.3 is 0 Å². The van der Waals surface area contributed by atoms with E-state index in [1.54, 1.807) is 0 Å². The molecule has 0 spiro atoms. The Balaban J connectivity index is 2.87. The molecule has 0 amide bonds. The standard InChI is InChI=1S/C15H29N3O/c1-6-15(5,18(8-3)9-4)13(19)12-14-16-10-11-17(14)7-2/h10-11,13,19H,6-9,12H2,1-5H3. The molecule has 1 N–H and O–H groups in total. The average molecular weight is 267 g/mol. The lowest BCUT2D eigenvalue weighted by Gasteiger charge is -2.43. The first-order valence-corrected chi connectivity index (χ1v) is 7.46. The first kappa shape index (κ1) is 16.2. The van der Waals surface area contributed by atoms with Crippen LogP contribution in [0.15, 0.2) is 12.4 Å². The molecule has 19 heavy (non-hydrogen) atoms. The summed E-state index contributed by atoms with van der Waals surface area (Å²) in [4.78, 5) is 6.71. The molecule has 4 heteroatoms. The van der Waals surface area contributed by atoms with Gasteiger partial charge < -0.3 is 9.67 Å². The van der Waals surface area contributed by atoms with Crippen molar-refractivity contribution in [3.63, 3.8) is 0 Å². The molecular weight excluding hydrogens is 238 g/mol. The van der Waals surface area contributed by atoms with Crippen LogP contribution in [-0.4, -0.2) is 44.3 Å². The monoisotopic (exact) mass is 267 g/mol. The Morgan fingerprint density at radius 2 is 1.95 bits per heavy atom. The number of aromatic nitrogens is 2. The Morgan fingerprint density at radius 1 is 1.32 bits per heavy atom. The average Bonchev–Trinajstić information content (AvgIpc) is 2.86. The molecule has 0 radical (unpaired) electrons. The maximum Gasteiger partial charge on any atom is 0.111 e. The van der Waals surface area contributed by atoms with Crippen LogP contribution in [-0.2, 0) is 13.0 Å². The highest BCUT2D eigenvalue weighted by Gasteiger charge is 2.36. The van der Waals surface area contributed by atoms with Gasteiger partial charge in [-0.2, -0.15) is 0 Å². The van der Waals surface area contributed by atoms with Crippen molar-refractivity contribution in [1.82, 2.24) is 14.5 Å². The molecule has 1 rings (SSSR count). The predicted octanol–water partition coefficient (Wildman–Crippen LogP) is 2.32. The van der Waals surface area contributed by atoms with Crippen LogP contribution in [0.1, 0.15) is 46.9 Å². The van der Waals surface area contributed by atoms with E-state index in [1.165, 1.54) is 0 Å². The van der Waals surface area contributed by atoms with Gasteiger partial charge in [-0.3, -0.25) is 4.90 Å². The molecule has 0 saturated carbocycles. The van der Waals surface area contributed by atoms with Crippen molar-refractivity contribution >= 4 is 0 Å². The van der Waals surface area contributed by atoms with E-state index in [0.717, 1.165) is 31.9 Å². The second-order valence-electron chi connectivity index (χ2n) is 5.23. The topological polar surface area (TPSA) is 41.3 Å². The molecule has 0 aliphatic heterocycles. The molecule has 0 aliphatic rings. The number of hydrogen-bond acceptors (Lipinski definition) is 3. The zero-order valence-electron chi connectivity index (χ0n) is 13.1. The summed E-state index contributed by atoms with van der Waals surface area (Å²) in [7, 11) is 0. The van der Waals surface area contributed by atoms with E-state index in [-0.39, 0.29) is 5.54 Å². The first-order chi connectivity index (χ1) is 9.03. The summed E-state index contributed by atoms with van der Waals surface area (Å²) in [5, 5.41) is 10.7. The van der Waals surface area contributed by atoms with Gasteiger partial charge in [0.2, 0.25) is 0 Å². The minimum Gasteiger partial charge on any atom is -0.391 e. The van der Waals surface area contributed by atoms with E-state index < -0.39 is 6.10 Å². The lowest BCUT2D eigenvalue weighted by Crippen LogP contribution is -2.55. The lowest BCUT2D eigenvalue weighted by atomic mass is 9.87. The lowest BCUT2D eigenvalue weighted by molar-refractivity contribution is -0.0203. The summed E-state index contributed by atoms with van der Waals surface area (Å²) in [6.07, 6.45) is 4.93. The van der Waals surface area contributed by atoms with Crippen LogP contribution >= 0.6 is 0 Å². The van der Waals surface area contributed by atoms with E-state index in [4.69, 9.17) is 0 Å². The first-order valence-electron chi connectivity index (χ1n) is 7.46. The Morgan fingerprint density at radius 3 is 2.42 bits per heavy atom. The van der Waals surface area contributed by atoms with Gasteiger partial charge in [0.15, 0.2) is 0 Å². The van der Waals surface area contributed by atoms with E-state index in [0.29, 0.717) is 6.42 Å². The quantitative estimate of drug-likeness (QED) is 0.786. The molecule has 0 aromatic carbocycles. The molecular formula is C15H29N3O. The van der Waals surface area contributed by atoms with E-state index in [2.05, 4.69) is 49.1 Å². The van der Waals surface area contributed by atoms with Crippen molar-refractivity contribution < 1.29 is 5.11 Å². The third-order valence-electron chi connectivity index (χ3n) is 4.44. The summed E-state index contributed by atoms with van der Waals surface area (Å²) in [6.45, 7) is 13.5. The Kier molecular flexibility index (Phi) is 6.01. The summed E-state index contributed by atoms with van der Waals surface area (Å²) in [5.41, 5.74) is -0.186. The van der Waals surface area contributed by atoms with Crippen LogP contribution in [0.3, 0.4) is 0 Å². The van der Waals surface area contributed by atoms with Crippen LogP contribution in [0, 0.1) is 0 Å². The molecule has 0 saturated heterocycles. The maximum absolute atomic E-state index is 10.7. The number of hydrogen-bond donors (Lipinski definition) is 1. The molecule has 110 valence electrons. The van der Waals surface area contributed by atoms with Crippen molar-refractivity contribution in [2.24, 2.45) is 0 Å². The third-order valence-corrected chi connectivity index (χ3v) is 4.44. The minimum absolute atomic E-state index is 0.186. The van der Waals surface area contributed by atoms with Gasteiger partial charge in [0.1, 0.15) is 5.82 Å². The smallest absolute Gasteiger partial charge is 0.111 e. The van der Waals surface area contributed by atoms with Crippen LogP contribution in [0.25, 0.3) is 0 Å². The molecule has 1 aromatic heterocycles. The molecule has 0 bridgehead atoms. The minimum atomic E-state index is -0.398. The van der Waals surface area contributed by atoms with Crippen molar-refractivity contribution in [3.8, 4) is 0 Å². The number of rotatable bonds is 8. The molecule has 2 unspecified atom stereocenters. The summed E-state index contributed by atoms with van der Waals surface area (Å²) in [6, 6.07) is 0. The van der Waals surface area contributed by atoms with Crippen molar-refractivity contribution in [2.45, 2.75) is 65.6 Å². The number of aryl methyl sites for hydroxylation is 1. The van der Waals surface area contributed by atoms with Gasteiger partial charge in [0.25, 0.3) is 0 Å². The molecule has 1 heterocycles. The fourth-order valence-corrected chi connectivity index (χ4v) is 2.83. The fraction of sp³-hybridized carbons (Fsp3) is 0.800. The molecule has 4 nitrogen and oxygen atoms in total. The Hall–Kier alpha value is -0.870. The number of imidazole rings is 1.